The molecule has 1 amide bonds. The van der Waals surface area contributed by atoms with Crippen molar-refractivity contribution in [2.75, 3.05) is 43.4 Å². The Kier molecular flexibility index (Phi) is 8.53. The van der Waals surface area contributed by atoms with Crippen LogP contribution in [0, 0.1) is 6.92 Å². The Morgan fingerprint density at radius 2 is 1.95 bits per heavy atom. The molecule has 1 aliphatic heterocycles. The number of amides is 1. The molecular weight excluding hydrogens is 506 g/mol. The van der Waals surface area contributed by atoms with Crippen molar-refractivity contribution >= 4 is 40.6 Å². The van der Waals surface area contributed by atoms with E-state index in [1.807, 2.05) is 33.8 Å². The van der Waals surface area contributed by atoms with E-state index in [9.17, 15) is 9.59 Å². The van der Waals surface area contributed by atoms with Crippen LogP contribution >= 0.6 is 0 Å². The van der Waals surface area contributed by atoms with Gasteiger partial charge in [0.05, 0.1) is 12.1 Å². The monoisotopic (exact) mass is 545 g/mol. The molecule has 11 heteroatoms. The molecule has 40 heavy (non-hydrogen) atoms. The first kappa shape index (κ1) is 28.8. The molecule has 0 aliphatic carbocycles. The number of anilines is 3. The van der Waals surface area contributed by atoms with Crippen molar-refractivity contribution in [2.45, 2.75) is 46.7 Å². The number of hydrazone groups is 1. The topological polar surface area (TPSA) is 104 Å². The predicted octanol–water partition coefficient (Wildman–Crippen LogP) is 3.58. The quantitative estimate of drug-likeness (QED) is 0.152. The van der Waals surface area contributed by atoms with E-state index < -0.39 is 5.54 Å². The molecule has 1 fully saturated rings. The van der Waals surface area contributed by atoms with E-state index in [4.69, 9.17) is 4.98 Å². The maximum absolute atomic E-state index is 13.3. The van der Waals surface area contributed by atoms with Gasteiger partial charge in [-0.2, -0.15) is 4.98 Å². The van der Waals surface area contributed by atoms with Gasteiger partial charge in [0.2, 0.25) is 12.4 Å². The van der Waals surface area contributed by atoms with E-state index in [0.717, 1.165) is 37.4 Å². The van der Waals surface area contributed by atoms with Gasteiger partial charge in [0, 0.05) is 43.8 Å². The molecule has 4 rings (SSSR count). The highest BCUT2D eigenvalue weighted by Gasteiger charge is 2.23. The maximum Gasteiger partial charge on any atom is 0.278 e. The highest BCUT2D eigenvalue weighted by atomic mass is 16.1. The standard InChI is InChI=1S/C29H39N9O2/c1-8-10-25(33-37(20-39)29(4,5)6)38-26-23(27(40)36(38)13-9-2)19-30-28(32-26)31-22-11-12-24(21(3)18-22)35-16-14-34(7)15-17-35/h8-12,18-20H,2,13-17H2,1,3-7H3,(H,30,31,32)/b10-8-,33-25+. The molecular formula is C29H39N9O2. The number of allylic oxidation sites excluding steroid dienone is 3. The normalized spacial score (nSPS) is 15.2. The predicted molar refractivity (Wildman–Crippen MR) is 161 cm³/mol. The van der Waals surface area contributed by atoms with Crippen molar-refractivity contribution in [2.24, 2.45) is 5.10 Å². The third-order valence-corrected chi connectivity index (χ3v) is 6.80. The number of rotatable bonds is 8. The largest absolute Gasteiger partial charge is 0.369 e. The minimum atomic E-state index is -0.572. The zero-order chi connectivity index (χ0) is 29.0. The van der Waals surface area contributed by atoms with Crippen LogP contribution in [0.3, 0.4) is 0 Å². The van der Waals surface area contributed by atoms with Gasteiger partial charge in [-0.1, -0.05) is 12.2 Å². The Bertz CT molecular complexity index is 1500. The van der Waals surface area contributed by atoms with Gasteiger partial charge in [0.15, 0.2) is 11.5 Å². The molecule has 1 N–H and O–H groups in total. The number of fused-ring (bicyclic) bond motifs is 1. The maximum atomic E-state index is 13.3. The zero-order valence-electron chi connectivity index (χ0n) is 24.3. The lowest BCUT2D eigenvalue weighted by Crippen LogP contribution is -2.44. The molecule has 1 aliphatic rings. The fourth-order valence-electron chi connectivity index (χ4n) is 4.61. The molecule has 1 aromatic carbocycles. The second-order valence-electron chi connectivity index (χ2n) is 10.9. The van der Waals surface area contributed by atoms with Crippen LogP contribution in [0.15, 0.2) is 59.1 Å². The lowest BCUT2D eigenvalue weighted by atomic mass is 10.1. The van der Waals surface area contributed by atoms with Gasteiger partial charge < -0.3 is 15.1 Å². The molecule has 2 aromatic heterocycles. The molecule has 3 aromatic rings. The van der Waals surface area contributed by atoms with Gasteiger partial charge in [-0.3, -0.25) is 9.59 Å². The minimum absolute atomic E-state index is 0.220. The molecule has 3 heterocycles. The first-order valence-electron chi connectivity index (χ1n) is 13.4. The van der Waals surface area contributed by atoms with Gasteiger partial charge >= 0.3 is 0 Å². The van der Waals surface area contributed by atoms with E-state index in [2.05, 4.69) is 57.9 Å². The number of carbonyl (C=O) groups excluding carboxylic acids is 1. The SMILES string of the molecule is C=CCn1c(=O)c2cnc(Nc3ccc(N4CCN(C)CC4)c(C)c3)nc2n1C(/C=C\C)=N/N(C=O)C(C)(C)C. The first-order chi connectivity index (χ1) is 19.1. The van der Waals surface area contributed by atoms with Gasteiger partial charge in [-0.05, 0) is 71.5 Å². The van der Waals surface area contributed by atoms with Crippen molar-refractivity contribution in [3.63, 3.8) is 0 Å². The van der Waals surface area contributed by atoms with Crippen LogP contribution in [0.5, 0.6) is 0 Å². The van der Waals surface area contributed by atoms with E-state index in [0.29, 0.717) is 29.2 Å². The number of benzene rings is 1. The minimum Gasteiger partial charge on any atom is -0.369 e. The van der Waals surface area contributed by atoms with Gasteiger partial charge in [-0.15, -0.1) is 11.7 Å². The third-order valence-electron chi connectivity index (χ3n) is 6.80. The third kappa shape index (κ3) is 5.99. The number of aryl methyl sites for hydroxylation is 1. The molecule has 0 spiro atoms. The second-order valence-corrected chi connectivity index (χ2v) is 10.9. The van der Waals surface area contributed by atoms with Crippen LogP contribution in [0.25, 0.3) is 11.0 Å². The summed E-state index contributed by atoms with van der Waals surface area (Å²) in [5.74, 6) is 0.696. The van der Waals surface area contributed by atoms with Crippen LogP contribution in [0.2, 0.25) is 0 Å². The van der Waals surface area contributed by atoms with Crippen LogP contribution in [-0.2, 0) is 11.3 Å². The average molecular weight is 546 g/mol. The van der Waals surface area contributed by atoms with Crippen LogP contribution in [0.1, 0.15) is 33.3 Å². The van der Waals surface area contributed by atoms with Crippen molar-refractivity contribution in [3.05, 3.63) is 65.1 Å². The Morgan fingerprint density at radius 3 is 2.55 bits per heavy atom. The number of likely N-dealkylation sites (N-methyl/N-ethyl adjacent to an activating group) is 1. The summed E-state index contributed by atoms with van der Waals surface area (Å²) in [6, 6.07) is 6.21. The number of hydrogen-bond acceptors (Lipinski definition) is 8. The summed E-state index contributed by atoms with van der Waals surface area (Å²) in [4.78, 5) is 39.1. The van der Waals surface area contributed by atoms with Gasteiger partial charge in [-0.25, -0.2) is 19.4 Å². The number of aromatic nitrogens is 4. The molecule has 0 atom stereocenters. The zero-order valence-corrected chi connectivity index (χ0v) is 24.3. The van der Waals surface area contributed by atoms with Crippen LogP contribution < -0.4 is 15.8 Å². The van der Waals surface area contributed by atoms with E-state index in [1.54, 1.807) is 22.9 Å². The summed E-state index contributed by atoms with van der Waals surface area (Å²) >= 11 is 0. The number of carbonyl (C=O) groups is 1. The summed E-state index contributed by atoms with van der Waals surface area (Å²) in [7, 11) is 2.15. The van der Waals surface area contributed by atoms with Gasteiger partial charge in [0.25, 0.3) is 5.56 Å². The van der Waals surface area contributed by atoms with E-state index in [-0.39, 0.29) is 12.1 Å². The lowest BCUT2D eigenvalue weighted by Gasteiger charge is -2.35. The van der Waals surface area contributed by atoms with Crippen molar-refractivity contribution in [1.82, 2.24) is 29.2 Å². The summed E-state index contributed by atoms with van der Waals surface area (Å²) in [5, 5.41) is 9.54. The highest BCUT2D eigenvalue weighted by molar-refractivity contribution is 5.99. The molecule has 212 valence electrons. The molecule has 11 nitrogen and oxygen atoms in total. The molecule has 0 unspecified atom stereocenters. The summed E-state index contributed by atoms with van der Waals surface area (Å²) in [5.41, 5.74) is 2.73. The molecule has 0 radical (unpaired) electrons. The Hall–Kier alpha value is -4.25. The molecule has 1 saturated heterocycles. The van der Waals surface area contributed by atoms with E-state index in [1.165, 1.54) is 21.6 Å². The van der Waals surface area contributed by atoms with Gasteiger partial charge in [0.1, 0.15) is 5.39 Å². The van der Waals surface area contributed by atoms with Crippen molar-refractivity contribution in [3.8, 4) is 0 Å². The van der Waals surface area contributed by atoms with E-state index >= 15 is 0 Å². The number of nitrogens with one attached hydrogen (secondary N) is 1. The Balaban J connectivity index is 1.76. The average Bonchev–Trinajstić information content (AvgIpc) is 3.17. The molecule has 0 bridgehead atoms. The second kappa shape index (κ2) is 11.9. The van der Waals surface area contributed by atoms with Crippen molar-refractivity contribution < 1.29 is 4.79 Å². The number of hydrogen-bond donors (Lipinski definition) is 1. The lowest BCUT2D eigenvalue weighted by molar-refractivity contribution is -0.122. The Labute approximate surface area is 235 Å². The fourth-order valence-corrected chi connectivity index (χ4v) is 4.61. The summed E-state index contributed by atoms with van der Waals surface area (Å²) in [6.07, 6.45) is 7.34. The number of nitrogens with zero attached hydrogens (tertiary/aromatic N) is 8. The molecule has 0 saturated carbocycles. The fraction of sp³-hybridized carbons (Fsp3) is 0.414. The summed E-state index contributed by atoms with van der Waals surface area (Å²) in [6.45, 7) is 17.7. The highest BCUT2D eigenvalue weighted by Crippen LogP contribution is 2.26. The van der Waals surface area contributed by atoms with Crippen LogP contribution in [0.4, 0.5) is 17.3 Å². The smallest absolute Gasteiger partial charge is 0.278 e. The van der Waals surface area contributed by atoms with Crippen molar-refractivity contribution in [1.29, 1.82) is 0 Å². The summed E-state index contributed by atoms with van der Waals surface area (Å²) < 4.78 is 3.09. The first-order valence-corrected chi connectivity index (χ1v) is 13.4. The van der Waals surface area contributed by atoms with Crippen LogP contribution in [-0.4, -0.2) is 80.3 Å². The number of piperazine rings is 1. The Morgan fingerprint density at radius 1 is 1.23 bits per heavy atom.